The Labute approximate surface area is 66.6 Å². The molecule has 1 nitrogen and oxygen atoms in total. The summed E-state index contributed by atoms with van der Waals surface area (Å²) >= 11 is 2.16. The molecule has 10 heavy (non-hydrogen) atoms. The molecule has 0 aromatic carbocycles. The highest BCUT2D eigenvalue weighted by Gasteiger charge is 2.55. The summed E-state index contributed by atoms with van der Waals surface area (Å²) in [7, 11) is 0. The maximum absolute atomic E-state index is 12.5. The van der Waals surface area contributed by atoms with Crippen LogP contribution in [0.25, 0.3) is 0 Å². The van der Waals surface area contributed by atoms with Crippen LogP contribution in [0.5, 0.6) is 0 Å². The van der Waals surface area contributed by atoms with Crippen molar-refractivity contribution in [3.05, 3.63) is 0 Å². The number of halogens is 3. The highest BCUT2D eigenvalue weighted by molar-refractivity contribution is 9.10. The van der Waals surface area contributed by atoms with E-state index in [4.69, 9.17) is 0 Å². The highest BCUT2D eigenvalue weighted by atomic mass is 79.9. The first-order valence-electron chi connectivity index (χ1n) is 3.15. The Bertz CT molecular complexity index is 137. The maximum atomic E-state index is 12.5. The first-order chi connectivity index (χ1) is 4.36. The second-order valence-electron chi connectivity index (χ2n) is 2.92. The summed E-state index contributed by atoms with van der Waals surface area (Å²) in [5, 5.41) is 9.19. The molecule has 1 N–H and O–H groups in total. The minimum absolute atomic E-state index is 0.234. The minimum atomic E-state index is -3.15. The summed E-state index contributed by atoms with van der Waals surface area (Å²) in [6.45, 7) is 1.17. The Balaban J connectivity index is 2.66. The largest absolute Gasteiger partial charge is 0.383 e. The van der Waals surface area contributed by atoms with Crippen LogP contribution in [0.15, 0.2) is 0 Å². The third-order valence-electron chi connectivity index (χ3n) is 1.95. The summed E-state index contributed by atoms with van der Waals surface area (Å²) in [5.41, 5.74) is -1.87. The molecular weight excluding hydrogens is 206 g/mol. The molecule has 0 bridgehead atoms. The van der Waals surface area contributed by atoms with Gasteiger partial charge in [-0.05, 0) is 41.6 Å². The molecule has 1 unspecified atom stereocenters. The zero-order chi connectivity index (χ0) is 7.99. The Morgan fingerprint density at radius 1 is 1.50 bits per heavy atom. The van der Waals surface area contributed by atoms with Gasteiger partial charge in [0.25, 0.3) is 0 Å². The molecule has 1 rings (SSSR count). The molecule has 1 fully saturated rings. The van der Waals surface area contributed by atoms with Crippen molar-refractivity contribution in [3.8, 4) is 0 Å². The molecule has 0 aromatic heterocycles. The first-order valence-corrected chi connectivity index (χ1v) is 3.94. The van der Waals surface area contributed by atoms with E-state index in [-0.39, 0.29) is 5.92 Å². The van der Waals surface area contributed by atoms with Gasteiger partial charge in [-0.2, -0.15) is 8.78 Å². The van der Waals surface area contributed by atoms with Gasteiger partial charge in [0, 0.05) is 0 Å². The highest BCUT2D eigenvalue weighted by Crippen LogP contribution is 2.49. The van der Waals surface area contributed by atoms with Gasteiger partial charge in [-0.3, -0.25) is 0 Å². The number of alkyl halides is 3. The molecule has 0 heterocycles. The van der Waals surface area contributed by atoms with E-state index in [0.29, 0.717) is 12.8 Å². The van der Waals surface area contributed by atoms with Gasteiger partial charge in [-0.1, -0.05) is 0 Å². The van der Waals surface area contributed by atoms with Crippen molar-refractivity contribution in [2.24, 2.45) is 5.92 Å². The van der Waals surface area contributed by atoms with Crippen LogP contribution < -0.4 is 0 Å². The van der Waals surface area contributed by atoms with E-state index in [1.54, 1.807) is 0 Å². The lowest BCUT2D eigenvalue weighted by Crippen LogP contribution is -2.42. The van der Waals surface area contributed by atoms with E-state index in [1.807, 2.05) is 0 Å². The number of rotatable bonds is 2. The molecule has 0 aliphatic heterocycles. The molecule has 4 heteroatoms. The van der Waals surface area contributed by atoms with Gasteiger partial charge >= 0.3 is 4.83 Å². The second-order valence-corrected chi connectivity index (χ2v) is 3.92. The molecule has 1 saturated carbocycles. The maximum Gasteiger partial charge on any atom is 0.329 e. The quantitative estimate of drug-likeness (QED) is 0.699. The van der Waals surface area contributed by atoms with Crippen molar-refractivity contribution in [1.82, 2.24) is 0 Å². The normalized spacial score (nSPS) is 26.1. The summed E-state index contributed by atoms with van der Waals surface area (Å²) < 4.78 is 24.9. The first kappa shape index (κ1) is 8.40. The fourth-order valence-corrected chi connectivity index (χ4v) is 1.20. The molecule has 0 saturated heterocycles. The average Bonchev–Trinajstić information content (AvgIpc) is 2.38. The molecule has 0 spiro atoms. The van der Waals surface area contributed by atoms with Crippen LogP contribution in [-0.2, 0) is 0 Å². The molecule has 0 aromatic rings. The van der Waals surface area contributed by atoms with Gasteiger partial charge in [-0.15, -0.1) is 0 Å². The second kappa shape index (κ2) is 2.14. The molecule has 60 valence electrons. The van der Waals surface area contributed by atoms with Crippen LogP contribution in [-0.4, -0.2) is 15.5 Å². The van der Waals surface area contributed by atoms with Crippen molar-refractivity contribution in [2.75, 3.05) is 0 Å². The molecular formula is C6H9BrF2O. The lowest BCUT2D eigenvalue weighted by molar-refractivity contribution is -0.117. The van der Waals surface area contributed by atoms with E-state index >= 15 is 0 Å². The predicted molar refractivity (Wildman–Crippen MR) is 37.2 cm³/mol. The van der Waals surface area contributed by atoms with E-state index in [1.165, 1.54) is 6.92 Å². The van der Waals surface area contributed by atoms with Gasteiger partial charge in [0.15, 0.2) is 0 Å². The third kappa shape index (κ3) is 1.32. The van der Waals surface area contributed by atoms with Gasteiger partial charge in [-0.25, -0.2) is 0 Å². The summed E-state index contributed by atoms with van der Waals surface area (Å²) in [6, 6.07) is 0. The minimum Gasteiger partial charge on any atom is -0.383 e. The monoisotopic (exact) mass is 214 g/mol. The molecule has 1 atom stereocenters. The van der Waals surface area contributed by atoms with E-state index in [2.05, 4.69) is 15.9 Å². The smallest absolute Gasteiger partial charge is 0.329 e. The number of hydrogen-bond donors (Lipinski definition) is 1. The summed E-state index contributed by atoms with van der Waals surface area (Å²) in [6.07, 6.45) is 1.41. The van der Waals surface area contributed by atoms with Gasteiger partial charge in [0.2, 0.25) is 0 Å². The van der Waals surface area contributed by atoms with Crippen LogP contribution in [0.4, 0.5) is 8.78 Å². The SMILES string of the molecule is CC(O)(C1CC1)C(F)(F)Br. The average molecular weight is 215 g/mol. The third-order valence-corrected chi connectivity index (χ3v) is 2.75. The Hall–Kier alpha value is 0.300. The molecule has 1 aliphatic carbocycles. The van der Waals surface area contributed by atoms with Crippen LogP contribution in [0.2, 0.25) is 0 Å². The van der Waals surface area contributed by atoms with Crippen LogP contribution in [0.1, 0.15) is 19.8 Å². The lowest BCUT2D eigenvalue weighted by Gasteiger charge is -2.27. The zero-order valence-electron chi connectivity index (χ0n) is 5.57. The van der Waals surface area contributed by atoms with Gasteiger partial charge < -0.3 is 5.11 Å². The van der Waals surface area contributed by atoms with Gasteiger partial charge in [0.05, 0.1) is 0 Å². The summed E-state index contributed by atoms with van der Waals surface area (Å²) in [4.78, 5) is -3.15. The Morgan fingerprint density at radius 3 is 2.00 bits per heavy atom. The van der Waals surface area contributed by atoms with Crippen molar-refractivity contribution in [3.63, 3.8) is 0 Å². The molecule has 0 amide bonds. The summed E-state index contributed by atoms with van der Waals surface area (Å²) in [5.74, 6) is -0.234. The van der Waals surface area contributed by atoms with Crippen molar-refractivity contribution >= 4 is 15.9 Å². The van der Waals surface area contributed by atoms with Crippen LogP contribution >= 0.6 is 15.9 Å². The lowest BCUT2D eigenvalue weighted by atomic mass is 10.0. The Morgan fingerprint density at radius 2 is 1.90 bits per heavy atom. The predicted octanol–water partition coefficient (Wildman–Crippen LogP) is 2.14. The fourth-order valence-electron chi connectivity index (χ4n) is 0.877. The van der Waals surface area contributed by atoms with Crippen molar-refractivity contribution in [2.45, 2.75) is 30.2 Å². The van der Waals surface area contributed by atoms with E-state index < -0.39 is 10.4 Å². The van der Waals surface area contributed by atoms with Gasteiger partial charge in [0.1, 0.15) is 5.60 Å². The Kier molecular flexibility index (Phi) is 1.80. The standard InChI is InChI=1S/C6H9BrF2O/c1-5(10,4-2-3-4)6(7,8)9/h4,10H,2-3H2,1H3. The topological polar surface area (TPSA) is 20.2 Å². The molecule has 1 aliphatic rings. The number of hydrogen-bond acceptors (Lipinski definition) is 1. The molecule has 0 radical (unpaired) electrons. The van der Waals surface area contributed by atoms with Crippen molar-refractivity contribution < 1.29 is 13.9 Å². The zero-order valence-corrected chi connectivity index (χ0v) is 7.16. The van der Waals surface area contributed by atoms with E-state index in [9.17, 15) is 13.9 Å². The van der Waals surface area contributed by atoms with Crippen molar-refractivity contribution in [1.29, 1.82) is 0 Å². The fraction of sp³-hybridized carbons (Fsp3) is 1.00. The van der Waals surface area contributed by atoms with Crippen LogP contribution in [0, 0.1) is 5.92 Å². The van der Waals surface area contributed by atoms with Crippen LogP contribution in [0.3, 0.4) is 0 Å². The van der Waals surface area contributed by atoms with E-state index in [0.717, 1.165) is 0 Å². The number of aliphatic hydroxyl groups is 1.